The number of likely N-dealkylation sites (N-methyl/N-ethyl adjacent to an activating group) is 1. The molecule has 0 amide bonds. The van der Waals surface area contributed by atoms with E-state index in [2.05, 4.69) is 27.9 Å². The first-order valence-corrected chi connectivity index (χ1v) is 6.34. The molecule has 1 rings (SSSR count). The monoisotopic (exact) mass is 339 g/mol. The molecule has 0 saturated heterocycles. The number of benzene rings is 1. The minimum absolute atomic E-state index is 0.204. The van der Waals surface area contributed by atoms with Gasteiger partial charge in [0, 0.05) is 15.2 Å². The topological polar surface area (TPSA) is 21.3 Å². The summed E-state index contributed by atoms with van der Waals surface area (Å²) in [4.78, 5) is 0. The van der Waals surface area contributed by atoms with Gasteiger partial charge in [-0.1, -0.05) is 11.6 Å². The van der Waals surface area contributed by atoms with Crippen molar-refractivity contribution in [1.29, 1.82) is 0 Å². The van der Waals surface area contributed by atoms with E-state index in [4.69, 9.17) is 16.3 Å². The van der Waals surface area contributed by atoms with Crippen LogP contribution < -0.4 is 5.32 Å². The summed E-state index contributed by atoms with van der Waals surface area (Å²) in [5.74, 6) is 0. The molecule has 1 unspecified atom stereocenters. The van der Waals surface area contributed by atoms with Crippen molar-refractivity contribution >= 4 is 34.2 Å². The minimum atomic E-state index is 0.204. The van der Waals surface area contributed by atoms with E-state index in [1.54, 1.807) is 0 Å². The molecule has 1 atom stereocenters. The third-order valence-corrected chi connectivity index (χ3v) is 3.39. The van der Waals surface area contributed by atoms with E-state index in [1.165, 1.54) is 9.13 Å². The normalized spacial score (nSPS) is 12.8. The highest BCUT2D eigenvalue weighted by atomic mass is 127. The van der Waals surface area contributed by atoms with Crippen LogP contribution in [0.4, 0.5) is 0 Å². The fraction of sp³-hybridized carbons (Fsp3) is 0.455. The summed E-state index contributed by atoms with van der Waals surface area (Å²) < 4.78 is 6.63. The molecule has 4 heteroatoms. The van der Waals surface area contributed by atoms with E-state index < -0.39 is 0 Å². The van der Waals surface area contributed by atoms with Crippen LogP contribution in [0.2, 0.25) is 5.02 Å². The average molecular weight is 340 g/mol. The van der Waals surface area contributed by atoms with Gasteiger partial charge in [0.05, 0.1) is 12.6 Å². The maximum atomic E-state index is 5.98. The van der Waals surface area contributed by atoms with Crippen LogP contribution in [0.15, 0.2) is 18.2 Å². The van der Waals surface area contributed by atoms with Crippen molar-refractivity contribution in [1.82, 2.24) is 5.32 Å². The van der Waals surface area contributed by atoms with Crippen LogP contribution in [-0.2, 0) is 4.74 Å². The van der Waals surface area contributed by atoms with Crippen LogP contribution >= 0.6 is 34.2 Å². The Kier molecular flexibility index (Phi) is 5.89. The van der Waals surface area contributed by atoms with Crippen molar-refractivity contribution in [3.8, 4) is 0 Å². The number of hydrogen-bond acceptors (Lipinski definition) is 2. The van der Waals surface area contributed by atoms with Crippen molar-refractivity contribution in [3.63, 3.8) is 0 Å². The summed E-state index contributed by atoms with van der Waals surface area (Å²) in [5.41, 5.74) is 1.19. The van der Waals surface area contributed by atoms with Crippen molar-refractivity contribution in [2.75, 3.05) is 20.3 Å². The lowest BCUT2D eigenvalue weighted by molar-refractivity contribution is 0.125. The summed E-state index contributed by atoms with van der Waals surface area (Å²) in [6.07, 6.45) is 0. The zero-order chi connectivity index (χ0) is 11.3. The summed E-state index contributed by atoms with van der Waals surface area (Å²) in [6.45, 7) is 3.40. The molecule has 0 aliphatic rings. The standard InChI is InChI=1S/C11H15ClINO/c1-3-15-7-11(14-2)9-6-8(12)4-5-10(9)13/h4-6,11,14H,3,7H2,1-2H3. The van der Waals surface area contributed by atoms with Gasteiger partial charge in [-0.25, -0.2) is 0 Å². The Morgan fingerprint density at radius 3 is 2.87 bits per heavy atom. The van der Waals surface area contributed by atoms with Crippen molar-refractivity contribution in [3.05, 3.63) is 32.4 Å². The first kappa shape index (κ1) is 13.2. The van der Waals surface area contributed by atoms with Gasteiger partial charge >= 0.3 is 0 Å². The zero-order valence-electron chi connectivity index (χ0n) is 8.89. The lowest BCUT2D eigenvalue weighted by Gasteiger charge is -2.18. The number of hydrogen-bond donors (Lipinski definition) is 1. The fourth-order valence-electron chi connectivity index (χ4n) is 1.35. The van der Waals surface area contributed by atoms with Gasteiger partial charge in [-0.15, -0.1) is 0 Å². The largest absolute Gasteiger partial charge is 0.380 e. The third-order valence-electron chi connectivity index (χ3n) is 2.17. The lowest BCUT2D eigenvalue weighted by Crippen LogP contribution is -2.22. The first-order valence-electron chi connectivity index (χ1n) is 4.89. The molecule has 2 nitrogen and oxygen atoms in total. The summed E-state index contributed by atoms with van der Waals surface area (Å²) >= 11 is 8.29. The Balaban J connectivity index is 2.85. The van der Waals surface area contributed by atoms with Gasteiger partial charge in [-0.05, 0) is 60.3 Å². The van der Waals surface area contributed by atoms with Crippen LogP contribution in [0.25, 0.3) is 0 Å². The maximum absolute atomic E-state index is 5.98. The van der Waals surface area contributed by atoms with E-state index >= 15 is 0 Å². The predicted octanol–water partition coefficient (Wildman–Crippen LogP) is 3.24. The Labute approximate surface area is 109 Å². The maximum Gasteiger partial charge on any atom is 0.0661 e. The second-order valence-electron chi connectivity index (χ2n) is 3.17. The molecule has 0 heterocycles. The summed E-state index contributed by atoms with van der Waals surface area (Å²) in [7, 11) is 1.93. The van der Waals surface area contributed by atoms with Crippen LogP contribution in [-0.4, -0.2) is 20.3 Å². The molecular formula is C11H15ClINO. The van der Waals surface area contributed by atoms with Gasteiger partial charge < -0.3 is 10.1 Å². The van der Waals surface area contributed by atoms with Gasteiger partial charge in [-0.2, -0.15) is 0 Å². The molecule has 1 aromatic carbocycles. The summed E-state index contributed by atoms with van der Waals surface area (Å²) in [5, 5.41) is 4.00. The number of rotatable bonds is 5. The molecule has 0 radical (unpaired) electrons. The number of nitrogens with one attached hydrogen (secondary N) is 1. The Morgan fingerprint density at radius 2 is 2.27 bits per heavy atom. The van der Waals surface area contributed by atoms with Gasteiger partial charge in [0.2, 0.25) is 0 Å². The molecule has 0 saturated carbocycles. The van der Waals surface area contributed by atoms with E-state index in [0.29, 0.717) is 6.61 Å². The smallest absolute Gasteiger partial charge is 0.0661 e. The van der Waals surface area contributed by atoms with Gasteiger partial charge in [-0.3, -0.25) is 0 Å². The highest BCUT2D eigenvalue weighted by Gasteiger charge is 2.12. The molecule has 0 aliphatic heterocycles. The molecule has 0 bridgehead atoms. The molecule has 0 aromatic heterocycles. The van der Waals surface area contributed by atoms with E-state index in [1.807, 2.05) is 32.2 Å². The second kappa shape index (κ2) is 6.68. The van der Waals surface area contributed by atoms with Gasteiger partial charge in [0.1, 0.15) is 0 Å². The molecule has 0 spiro atoms. The highest BCUT2D eigenvalue weighted by Crippen LogP contribution is 2.23. The Morgan fingerprint density at radius 1 is 1.53 bits per heavy atom. The first-order chi connectivity index (χ1) is 7.19. The van der Waals surface area contributed by atoms with Crippen LogP contribution in [0.3, 0.4) is 0 Å². The molecule has 0 aliphatic carbocycles. The number of ether oxygens (including phenoxy) is 1. The van der Waals surface area contributed by atoms with E-state index in [9.17, 15) is 0 Å². The zero-order valence-corrected chi connectivity index (χ0v) is 11.8. The van der Waals surface area contributed by atoms with Crippen LogP contribution in [0, 0.1) is 3.57 Å². The van der Waals surface area contributed by atoms with Crippen molar-refractivity contribution in [2.45, 2.75) is 13.0 Å². The molecule has 0 fully saturated rings. The molecule has 84 valence electrons. The molecule has 1 N–H and O–H groups in total. The quantitative estimate of drug-likeness (QED) is 0.832. The number of halogens is 2. The Hall–Kier alpha value is 0.160. The molecule has 15 heavy (non-hydrogen) atoms. The molecular weight excluding hydrogens is 324 g/mol. The Bertz CT molecular complexity index is 319. The second-order valence-corrected chi connectivity index (χ2v) is 4.77. The van der Waals surface area contributed by atoms with Crippen LogP contribution in [0.1, 0.15) is 18.5 Å². The molecule has 1 aromatic rings. The third kappa shape index (κ3) is 3.90. The fourth-order valence-corrected chi connectivity index (χ4v) is 2.24. The van der Waals surface area contributed by atoms with Gasteiger partial charge in [0.15, 0.2) is 0 Å². The van der Waals surface area contributed by atoms with Gasteiger partial charge in [0.25, 0.3) is 0 Å². The van der Waals surface area contributed by atoms with Crippen molar-refractivity contribution < 1.29 is 4.74 Å². The SMILES string of the molecule is CCOCC(NC)c1cc(Cl)ccc1I. The van der Waals surface area contributed by atoms with E-state index in [0.717, 1.165) is 11.6 Å². The predicted molar refractivity (Wildman–Crippen MR) is 72.5 cm³/mol. The minimum Gasteiger partial charge on any atom is -0.380 e. The van der Waals surface area contributed by atoms with Crippen LogP contribution in [0.5, 0.6) is 0 Å². The summed E-state index contributed by atoms with van der Waals surface area (Å²) in [6, 6.07) is 6.12. The van der Waals surface area contributed by atoms with E-state index in [-0.39, 0.29) is 6.04 Å². The lowest BCUT2D eigenvalue weighted by atomic mass is 10.1. The van der Waals surface area contributed by atoms with Crippen molar-refractivity contribution in [2.24, 2.45) is 0 Å². The highest BCUT2D eigenvalue weighted by molar-refractivity contribution is 14.1. The average Bonchev–Trinajstić information content (AvgIpc) is 2.24.